The quantitative estimate of drug-likeness (QED) is 0.204. The lowest BCUT2D eigenvalue weighted by atomic mass is 10.1. The van der Waals surface area contributed by atoms with E-state index in [2.05, 4.69) is 56.1 Å². The molecule has 0 nitrogen and oxygen atoms in total. The largest absolute Gasteiger partial charge is 0.0832 e. The third-order valence-electron chi connectivity index (χ3n) is 4.88. The van der Waals surface area contributed by atoms with Gasteiger partial charge in [-0.2, -0.15) is 0 Å². The molecule has 0 radical (unpaired) electrons. The van der Waals surface area contributed by atoms with Gasteiger partial charge in [0.15, 0.2) is 0 Å². The molecule has 0 heterocycles. The molecule has 1 aromatic carbocycles. The minimum absolute atomic E-state index is 0.0861. The Bertz CT molecular complexity index is 393. The van der Waals surface area contributed by atoms with E-state index in [0.29, 0.717) is 0 Å². The number of rotatable bonds is 16. The summed E-state index contributed by atoms with van der Waals surface area (Å²) < 4.78 is 0. The molecule has 0 saturated heterocycles. The third kappa shape index (κ3) is 13.3. The summed E-state index contributed by atoms with van der Waals surface area (Å²) in [4.78, 5) is 0. The van der Waals surface area contributed by atoms with Crippen LogP contribution in [0, 0.1) is 0 Å². The summed E-state index contributed by atoms with van der Waals surface area (Å²) in [5.74, 6) is 2.56. The maximum Gasteiger partial charge on any atom is -0.0256 e. The molecule has 25 heavy (non-hydrogen) atoms. The summed E-state index contributed by atoms with van der Waals surface area (Å²) in [6.07, 6.45) is 22.3. The Morgan fingerprint density at radius 2 is 1.12 bits per heavy atom. The summed E-state index contributed by atoms with van der Waals surface area (Å²) in [5, 5.41) is 0. The van der Waals surface area contributed by atoms with Gasteiger partial charge in [-0.3, -0.25) is 0 Å². The van der Waals surface area contributed by atoms with Crippen LogP contribution >= 0.6 is 7.92 Å². The molecule has 0 atom stereocenters. The Morgan fingerprint density at radius 1 is 0.640 bits per heavy atom. The van der Waals surface area contributed by atoms with Crippen molar-refractivity contribution in [3.8, 4) is 0 Å². The van der Waals surface area contributed by atoms with Crippen molar-refractivity contribution in [1.82, 2.24) is 0 Å². The maximum atomic E-state index is 2.56. The Kier molecular flexibility index (Phi) is 15.1. The number of hydrogen-bond donors (Lipinski definition) is 0. The normalized spacial score (nSPS) is 11.6. The molecule has 0 aliphatic carbocycles. The van der Waals surface area contributed by atoms with E-state index in [1.165, 1.54) is 94.9 Å². The molecule has 0 bridgehead atoms. The highest BCUT2D eigenvalue weighted by Crippen LogP contribution is 2.40. The zero-order valence-electron chi connectivity index (χ0n) is 16.9. The van der Waals surface area contributed by atoms with Crippen LogP contribution in [0.25, 0.3) is 6.08 Å². The van der Waals surface area contributed by atoms with E-state index in [1.54, 1.807) is 0 Å². The molecule has 0 saturated carbocycles. The van der Waals surface area contributed by atoms with Crippen LogP contribution in [0.2, 0.25) is 0 Å². The first-order chi connectivity index (χ1) is 12.4. The van der Waals surface area contributed by atoms with Gasteiger partial charge in [0.25, 0.3) is 0 Å². The SMILES string of the molecule is CCCCCCCCP(C=Cc1ccccc1)CCCCCCCC. The Morgan fingerprint density at radius 3 is 1.64 bits per heavy atom. The van der Waals surface area contributed by atoms with Crippen molar-refractivity contribution in [3.05, 3.63) is 41.7 Å². The zero-order chi connectivity index (χ0) is 18.0. The standard InChI is InChI=1S/C24H41P/c1-3-5-7-9-11-16-21-25(22-17-12-10-8-6-4-2)23-20-24-18-14-13-15-19-24/h13-15,18-20,23H,3-12,16-17,21-22H2,1-2H3. The minimum atomic E-state index is 0.0861. The Hall–Kier alpha value is -0.610. The van der Waals surface area contributed by atoms with Gasteiger partial charge < -0.3 is 0 Å². The molecule has 0 aromatic heterocycles. The van der Waals surface area contributed by atoms with E-state index in [9.17, 15) is 0 Å². The third-order valence-corrected chi connectivity index (χ3v) is 7.23. The molecular weight excluding hydrogens is 319 g/mol. The smallest absolute Gasteiger partial charge is 0.0256 e. The molecule has 142 valence electrons. The van der Waals surface area contributed by atoms with Gasteiger partial charge in [0, 0.05) is 0 Å². The zero-order valence-corrected chi connectivity index (χ0v) is 17.8. The average molecular weight is 361 g/mol. The molecule has 0 aliphatic rings. The lowest BCUT2D eigenvalue weighted by Crippen LogP contribution is -1.91. The average Bonchev–Trinajstić information content (AvgIpc) is 2.65. The van der Waals surface area contributed by atoms with Crippen molar-refractivity contribution in [2.24, 2.45) is 0 Å². The minimum Gasteiger partial charge on any atom is -0.0832 e. The fraction of sp³-hybridized carbons (Fsp3) is 0.667. The monoisotopic (exact) mass is 360 g/mol. The van der Waals surface area contributed by atoms with Crippen molar-refractivity contribution < 1.29 is 0 Å². The second-order valence-corrected chi connectivity index (χ2v) is 9.67. The highest BCUT2D eigenvalue weighted by Gasteiger charge is 2.04. The van der Waals surface area contributed by atoms with E-state index in [4.69, 9.17) is 0 Å². The molecule has 1 heteroatoms. The molecule has 0 fully saturated rings. The van der Waals surface area contributed by atoms with Crippen molar-refractivity contribution in [1.29, 1.82) is 0 Å². The second-order valence-electron chi connectivity index (χ2n) is 7.30. The summed E-state index contributed by atoms with van der Waals surface area (Å²) >= 11 is 0. The number of unbranched alkanes of at least 4 members (excludes halogenated alkanes) is 10. The van der Waals surface area contributed by atoms with Crippen LogP contribution in [0.15, 0.2) is 36.1 Å². The summed E-state index contributed by atoms with van der Waals surface area (Å²) in [6.45, 7) is 4.60. The maximum absolute atomic E-state index is 2.56. The molecule has 0 aliphatic heterocycles. The molecular formula is C24H41P. The number of hydrogen-bond acceptors (Lipinski definition) is 0. The molecule has 1 aromatic rings. The van der Waals surface area contributed by atoms with Gasteiger partial charge in [0.2, 0.25) is 0 Å². The van der Waals surface area contributed by atoms with E-state index in [0.717, 1.165) is 0 Å². The summed E-state index contributed by atoms with van der Waals surface area (Å²) in [6, 6.07) is 10.8. The predicted molar refractivity (Wildman–Crippen MR) is 119 cm³/mol. The van der Waals surface area contributed by atoms with E-state index < -0.39 is 0 Å². The van der Waals surface area contributed by atoms with Gasteiger partial charge in [-0.15, -0.1) is 0 Å². The van der Waals surface area contributed by atoms with Crippen LogP contribution in [0.4, 0.5) is 0 Å². The van der Waals surface area contributed by atoms with Gasteiger partial charge in [0.05, 0.1) is 0 Å². The molecule has 1 rings (SSSR count). The van der Waals surface area contributed by atoms with Gasteiger partial charge >= 0.3 is 0 Å². The van der Waals surface area contributed by atoms with Crippen LogP contribution in [-0.2, 0) is 0 Å². The van der Waals surface area contributed by atoms with Crippen LogP contribution in [-0.4, -0.2) is 12.3 Å². The molecule has 0 spiro atoms. The Labute approximate surface area is 159 Å². The van der Waals surface area contributed by atoms with E-state index in [-0.39, 0.29) is 7.92 Å². The van der Waals surface area contributed by atoms with Crippen molar-refractivity contribution >= 4 is 14.0 Å². The molecule has 0 unspecified atom stereocenters. The topological polar surface area (TPSA) is 0 Å². The van der Waals surface area contributed by atoms with E-state index in [1.807, 2.05) is 0 Å². The first kappa shape index (κ1) is 22.4. The highest BCUT2D eigenvalue weighted by molar-refractivity contribution is 7.61. The highest BCUT2D eigenvalue weighted by atomic mass is 31.1. The summed E-state index contributed by atoms with van der Waals surface area (Å²) in [5.41, 5.74) is 1.36. The predicted octanol–water partition coefficient (Wildman–Crippen LogP) is 8.86. The van der Waals surface area contributed by atoms with Gasteiger partial charge in [-0.1, -0.05) is 128 Å². The van der Waals surface area contributed by atoms with Crippen molar-refractivity contribution in [2.75, 3.05) is 12.3 Å². The first-order valence-electron chi connectivity index (χ1n) is 10.8. The molecule has 0 N–H and O–H groups in total. The lowest BCUT2D eigenvalue weighted by molar-refractivity contribution is 0.622. The first-order valence-corrected chi connectivity index (χ1v) is 12.6. The second kappa shape index (κ2) is 16.8. The Balaban J connectivity index is 2.31. The van der Waals surface area contributed by atoms with E-state index >= 15 is 0 Å². The van der Waals surface area contributed by atoms with Crippen molar-refractivity contribution in [2.45, 2.75) is 90.9 Å². The fourth-order valence-electron chi connectivity index (χ4n) is 3.21. The number of benzene rings is 1. The van der Waals surface area contributed by atoms with Crippen LogP contribution in [0.5, 0.6) is 0 Å². The van der Waals surface area contributed by atoms with Crippen LogP contribution < -0.4 is 0 Å². The van der Waals surface area contributed by atoms with Crippen LogP contribution in [0.3, 0.4) is 0 Å². The summed E-state index contributed by atoms with van der Waals surface area (Å²) in [7, 11) is 0.0861. The fourth-order valence-corrected chi connectivity index (χ4v) is 5.37. The van der Waals surface area contributed by atoms with Crippen molar-refractivity contribution in [3.63, 3.8) is 0 Å². The van der Waals surface area contributed by atoms with Gasteiger partial charge in [-0.05, 0) is 30.7 Å². The van der Waals surface area contributed by atoms with Gasteiger partial charge in [-0.25, -0.2) is 0 Å². The lowest BCUT2D eigenvalue weighted by Gasteiger charge is -2.14. The van der Waals surface area contributed by atoms with Crippen LogP contribution in [0.1, 0.15) is 96.5 Å². The molecule has 0 amide bonds. The van der Waals surface area contributed by atoms with Gasteiger partial charge in [0.1, 0.15) is 0 Å².